The van der Waals surface area contributed by atoms with Crippen LogP contribution in [0.1, 0.15) is 31.2 Å². The molecule has 4 nitrogen and oxygen atoms in total. The van der Waals surface area contributed by atoms with E-state index in [1.165, 1.54) is 18.4 Å². The fraction of sp³-hybridized carbons (Fsp3) is 0.667. The second-order valence-electron chi connectivity index (χ2n) is 5.94. The fourth-order valence-electron chi connectivity index (χ4n) is 2.53. The van der Waals surface area contributed by atoms with Gasteiger partial charge in [0.25, 0.3) is 0 Å². The number of rotatable bonds is 9. The second kappa shape index (κ2) is 9.82. The zero-order valence-corrected chi connectivity index (χ0v) is 13.9. The highest BCUT2D eigenvalue weighted by Gasteiger charge is 2.13. The van der Waals surface area contributed by atoms with Crippen LogP contribution < -0.4 is 4.74 Å². The van der Waals surface area contributed by atoms with E-state index in [2.05, 4.69) is 24.9 Å². The molecule has 0 aromatic heterocycles. The first-order valence-electron chi connectivity index (χ1n) is 8.36. The Hall–Kier alpha value is -1.10. The molecule has 0 amide bonds. The molecule has 1 fully saturated rings. The van der Waals surface area contributed by atoms with Crippen LogP contribution in [0.3, 0.4) is 0 Å². The van der Waals surface area contributed by atoms with E-state index in [1.54, 1.807) is 0 Å². The monoisotopic (exact) mass is 307 g/mol. The van der Waals surface area contributed by atoms with E-state index < -0.39 is 0 Å². The Bertz CT molecular complexity index is 419. The first-order chi connectivity index (χ1) is 10.8. The Morgan fingerprint density at radius 2 is 2.05 bits per heavy atom. The SMILES string of the molecule is Cc1ccccc1OCCN(C)CCCOC1CCCCO1. The third kappa shape index (κ3) is 6.34. The fourth-order valence-corrected chi connectivity index (χ4v) is 2.53. The van der Waals surface area contributed by atoms with Gasteiger partial charge in [-0.2, -0.15) is 0 Å². The molecule has 1 aromatic rings. The van der Waals surface area contributed by atoms with E-state index in [9.17, 15) is 0 Å². The highest BCUT2D eigenvalue weighted by molar-refractivity contribution is 5.31. The van der Waals surface area contributed by atoms with Gasteiger partial charge < -0.3 is 19.1 Å². The first-order valence-corrected chi connectivity index (χ1v) is 8.36. The van der Waals surface area contributed by atoms with Gasteiger partial charge in [-0.3, -0.25) is 0 Å². The van der Waals surface area contributed by atoms with Gasteiger partial charge in [0.2, 0.25) is 0 Å². The minimum atomic E-state index is 0.0310. The topological polar surface area (TPSA) is 30.9 Å². The molecule has 22 heavy (non-hydrogen) atoms. The highest BCUT2D eigenvalue weighted by atomic mass is 16.7. The molecule has 0 aliphatic carbocycles. The quantitative estimate of drug-likeness (QED) is 0.655. The van der Waals surface area contributed by atoms with Gasteiger partial charge in [-0.15, -0.1) is 0 Å². The Labute approximate surface area is 134 Å². The molecule has 0 N–H and O–H groups in total. The van der Waals surface area contributed by atoms with Crippen molar-refractivity contribution in [1.82, 2.24) is 4.90 Å². The van der Waals surface area contributed by atoms with E-state index >= 15 is 0 Å². The number of likely N-dealkylation sites (N-methyl/N-ethyl adjacent to an activating group) is 1. The molecule has 0 radical (unpaired) electrons. The third-order valence-corrected chi connectivity index (χ3v) is 3.95. The van der Waals surface area contributed by atoms with Gasteiger partial charge in [0.1, 0.15) is 12.4 Å². The summed E-state index contributed by atoms with van der Waals surface area (Å²) in [6.07, 6.45) is 4.49. The molecular weight excluding hydrogens is 278 g/mol. The molecule has 0 saturated carbocycles. The zero-order valence-electron chi connectivity index (χ0n) is 13.9. The van der Waals surface area contributed by atoms with Gasteiger partial charge >= 0.3 is 0 Å². The maximum Gasteiger partial charge on any atom is 0.157 e. The van der Waals surface area contributed by atoms with Crippen LogP contribution in [0.4, 0.5) is 0 Å². The van der Waals surface area contributed by atoms with Crippen molar-refractivity contribution in [3.05, 3.63) is 29.8 Å². The molecule has 0 bridgehead atoms. The number of ether oxygens (including phenoxy) is 3. The summed E-state index contributed by atoms with van der Waals surface area (Å²) < 4.78 is 17.1. The molecule has 1 atom stereocenters. The smallest absolute Gasteiger partial charge is 0.157 e. The normalized spacial score (nSPS) is 18.6. The van der Waals surface area contributed by atoms with Crippen molar-refractivity contribution in [3.63, 3.8) is 0 Å². The van der Waals surface area contributed by atoms with Gasteiger partial charge in [-0.25, -0.2) is 0 Å². The summed E-state index contributed by atoms with van der Waals surface area (Å²) in [5.74, 6) is 0.980. The number of nitrogens with zero attached hydrogens (tertiary/aromatic N) is 1. The van der Waals surface area contributed by atoms with Gasteiger partial charge in [-0.05, 0) is 51.3 Å². The lowest BCUT2D eigenvalue weighted by atomic mass is 10.2. The Morgan fingerprint density at radius 3 is 2.82 bits per heavy atom. The lowest BCUT2D eigenvalue weighted by molar-refractivity contribution is -0.163. The largest absolute Gasteiger partial charge is 0.492 e. The summed E-state index contributed by atoms with van der Waals surface area (Å²) in [7, 11) is 2.12. The molecule has 0 spiro atoms. The van der Waals surface area contributed by atoms with E-state index in [1.807, 2.05) is 18.2 Å². The molecule has 124 valence electrons. The third-order valence-electron chi connectivity index (χ3n) is 3.95. The predicted octanol–water partition coefficient (Wildman–Crippen LogP) is 3.24. The van der Waals surface area contributed by atoms with Crippen LogP contribution >= 0.6 is 0 Å². The minimum absolute atomic E-state index is 0.0310. The van der Waals surface area contributed by atoms with Crippen molar-refractivity contribution in [1.29, 1.82) is 0 Å². The standard InChI is InChI=1S/C18H29NO3/c1-16-8-3-4-9-17(16)20-15-12-19(2)11-7-14-22-18-10-5-6-13-21-18/h3-4,8-9,18H,5-7,10-15H2,1-2H3. The van der Waals surface area contributed by atoms with E-state index in [4.69, 9.17) is 14.2 Å². The van der Waals surface area contributed by atoms with Crippen LogP contribution in [-0.2, 0) is 9.47 Å². The summed E-state index contributed by atoms with van der Waals surface area (Å²) >= 11 is 0. The number of para-hydroxylation sites is 1. The Balaban J connectivity index is 1.50. The van der Waals surface area contributed by atoms with Crippen molar-refractivity contribution in [3.8, 4) is 5.75 Å². The van der Waals surface area contributed by atoms with Crippen LogP contribution in [0.5, 0.6) is 5.75 Å². The van der Waals surface area contributed by atoms with Crippen LogP contribution in [0.2, 0.25) is 0 Å². The highest BCUT2D eigenvalue weighted by Crippen LogP contribution is 2.16. The summed E-state index contributed by atoms with van der Waals surface area (Å²) in [6.45, 7) is 6.35. The summed E-state index contributed by atoms with van der Waals surface area (Å²) in [5, 5.41) is 0. The lowest BCUT2D eigenvalue weighted by Gasteiger charge is -2.23. The molecule has 1 unspecified atom stereocenters. The van der Waals surface area contributed by atoms with Crippen molar-refractivity contribution in [2.45, 2.75) is 38.9 Å². The van der Waals surface area contributed by atoms with Gasteiger partial charge in [0.15, 0.2) is 6.29 Å². The van der Waals surface area contributed by atoms with Crippen LogP contribution in [0.15, 0.2) is 24.3 Å². The average Bonchev–Trinajstić information content (AvgIpc) is 2.54. The molecule has 1 heterocycles. The van der Waals surface area contributed by atoms with Crippen LogP contribution in [0, 0.1) is 6.92 Å². The Kier molecular flexibility index (Phi) is 7.71. The van der Waals surface area contributed by atoms with Crippen molar-refractivity contribution < 1.29 is 14.2 Å². The molecule has 1 saturated heterocycles. The van der Waals surface area contributed by atoms with Gasteiger partial charge in [0.05, 0.1) is 6.61 Å². The van der Waals surface area contributed by atoms with E-state index in [-0.39, 0.29) is 6.29 Å². The number of hydrogen-bond acceptors (Lipinski definition) is 4. The lowest BCUT2D eigenvalue weighted by Crippen LogP contribution is -2.27. The summed E-state index contributed by atoms with van der Waals surface area (Å²) in [5.41, 5.74) is 1.19. The maximum absolute atomic E-state index is 5.82. The second-order valence-corrected chi connectivity index (χ2v) is 5.94. The number of aryl methyl sites for hydroxylation is 1. The van der Waals surface area contributed by atoms with Crippen molar-refractivity contribution >= 4 is 0 Å². The van der Waals surface area contributed by atoms with Gasteiger partial charge in [0, 0.05) is 19.7 Å². The number of benzene rings is 1. The van der Waals surface area contributed by atoms with Crippen molar-refractivity contribution in [2.75, 3.05) is 40.0 Å². The summed E-state index contributed by atoms with van der Waals surface area (Å²) in [6, 6.07) is 8.14. The molecule has 4 heteroatoms. The molecule has 1 aliphatic rings. The molecule has 2 rings (SSSR count). The van der Waals surface area contributed by atoms with Crippen molar-refractivity contribution in [2.24, 2.45) is 0 Å². The van der Waals surface area contributed by atoms with Gasteiger partial charge in [-0.1, -0.05) is 18.2 Å². The molecular formula is C18H29NO3. The average molecular weight is 307 g/mol. The van der Waals surface area contributed by atoms with Crippen LogP contribution in [0.25, 0.3) is 0 Å². The summed E-state index contributed by atoms with van der Waals surface area (Å²) in [4.78, 5) is 2.28. The minimum Gasteiger partial charge on any atom is -0.492 e. The number of hydrogen-bond donors (Lipinski definition) is 0. The molecule has 1 aromatic carbocycles. The van der Waals surface area contributed by atoms with E-state index in [0.717, 1.165) is 44.9 Å². The molecule has 1 aliphatic heterocycles. The maximum atomic E-state index is 5.82. The first kappa shape index (κ1) is 17.3. The van der Waals surface area contributed by atoms with Crippen LogP contribution in [-0.4, -0.2) is 51.1 Å². The zero-order chi connectivity index (χ0) is 15.6. The Morgan fingerprint density at radius 1 is 1.18 bits per heavy atom. The van der Waals surface area contributed by atoms with E-state index in [0.29, 0.717) is 6.61 Å². The predicted molar refractivity (Wildman–Crippen MR) is 88.3 cm³/mol.